The van der Waals surface area contributed by atoms with Crippen molar-refractivity contribution in [3.63, 3.8) is 0 Å². The van der Waals surface area contributed by atoms with Crippen LogP contribution in [0, 0.1) is 12.7 Å². The Bertz CT molecular complexity index is 479. The number of aryl methyl sites for hydroxylation is 1. The number of hydrogen-bond acceptors (Lipinski definition) is 3. The van der Waals surface area contributed by atoms with E-state index in [1.165, 1.54) is 17.4 Å². The minimum Gasteiger partial charge on any atom is -0.325 e. The molecule has 4 heteroatoms. The van der Waals surface area contributed by atoms with Crippen LogP contribution in [-0.4, -0.2) is 4.98 Å². The summed E-state index contributed by atoms with van der Waals surface area (Å²) in [7, 11) is 0. The number of benzene rings is 1. The Labute approximate surface area is 91.6 Å². The average molecular weight is 222 g/mol. The number of aromatic nitrogens is 1. The molecule has 0 aliphatic heterocycles. The van der Waals surface area contributed by atoms with E-state index < -0.39 is 0 Å². The molecule has 1 aromatic heterocycles. The van der Waals surface area contributed by atoms with E-state index in [9.17, 15) is 4.39 Å². The van der Waals surface area contributed by atoms with Crippen LogP contribution in [0.4, 0.5) is 4.39 Å². The van der Waals surface area contributed by atoms with Crippen molar-refractivity contribution in [1.82, 2.24) is 4.98 Å². The van der Waals surface area contributed by atoms with Crippen LogP contribution in [0.3, 0.4) is 0 Å². The fraction of sp³-hybridized carbons (Fsp3) is 0.182. The van der Waals surface area contributed by atoms with Crippen LogP contribution >= 0.6 is 11.3 Å². The number of halogens is 1. The summed E-state index contributed by atoms with van der Waals surface area (Å²) in [5.74, 6) is -0.215. The molecule has 0 radical (unpaired) electrons. The highest BCUT2D eigenvalue weighted by atomic mass is 32.1. The third-order valence-electron chi connectivity index (χ3n) is 2.13. The van der Waals surface area contributed by atoms with Gasteiger partial charge in [-0.1, -0.05) is 18.2 Å². The van der Waals surface area contributed by atoms with Gasteiger partial charge >= 0.3 is 0 Å². The molecule has 2 nitrogen and oxygen atoms in total. The van der Waals surface area contributed by atoms with Crippen molar-refractivity contribution in [2.24, 2.45) is 5.73 Å². The molecule has 0 saturated carbocycles. The summed E-state index contributed by atoms with van der Waals surface area (Å²) >= 11 is 1.45. The predicted molar refractivity (Wildman–Crippen MR) is 60.1 cm³/mol. The molecule has 0 bridgehead atoms. The van der Waals surface area contributed by atoms with Crippen molar-refractivity contribution < 1.29 is 4.39 Å². The second-order valence-electron chi connectivity index (χ2n) is 3.21. The molecule has 78 valence electrons. The lowest BCUT2D eigenvalue weighted by atomic mass is 10.1. The van der Waals surface area contributed by atoms with Gasteiger partial charge < -0.3 is 5.73 Å². The van der Waals surface area contributed by atoms with Gasteiger partial charge in [-0.3, -0.25) is 0 Å². The molecule has 2 aromatic rings. The molecule has 2 rings (SSSR count). The summed E-state index contributed by atoms with van der Waals surface area (Å²) in [6, 6.07) is 6.71. The summed E-state index contributed by atoms with van der Waals surface area (Å²) in [6.45, 7) is 2.28. The highest BCUT2D eigenvalue weighted by Gasteiger charge is 2.11. The monoisotopic (exact) mass is 222 g/mol. The van der Waals surface area contributed by atoms with Crippen LogP contribution in [-0.2, 0) is 6.54 Å². The topological polar surface area (TPSA) is 38.9 Å². The van der Waals surface area contributed by atoms with E-state index in [-0.39, 0.29) is 5.82 Å². The standard InChI is InChI=1S/C11H11FN2S/c1-7-11(15-10(6-13)14-7)8-4-2-3-5-9(8)12/h2-5H,6,13H2,1H3. The van der Waals surface area contributed by atoms with Crippen molar-refractivity contribution in [2.75, 3.05) is 0 Å². The van der Waals surface area contributed by atoms with Crippen LogP contribution in [0.2, 0.25) is 0 Å². The van der Waals surface area contributed by atoms with Crippen molar-refractivity contribution in [3.05, 3.63) is 40.8 Å². The van der Waals surface area contributed by atoms with Gasteiger partial charge in [-0.2, -0.15) is 0 Å². The van der Waals surface area contributed by atoms with Gasteiger partial charge in [0.2, 0.25) is 0 Å². The lowest BCUT2D eigenvalue weighted by molar-refractivity contribution is 0.631. The van der Waals surface area contributed by atoms with Crippen LogP contribution in [0.15, 0.2) is 24.3 Å². The molecule has 0 aliphatic carbocycles. The van der Waals surface area contributed by atoms with E-state index in [1.807, 2.05) is 13.0 Å². The maximum Gasteiger partial charge on any atom is 0.131 e. The Hall–Kier alpha value is -1.26. The first kappa shape index (κ1) is 10.3. The molecule has 0 unspecified atom stereocenters. The molecule has 15 heavy (non-hydrogen) atoms. The highest BCUT2D eigenvalue weighted by molar-refractivity contribution is 7.15. The van der Waals surface area contributed by atoms with Crippen LogP contribution < -0.4 is 5.73 Å². The first-order valence-corrected chi connectivity index (χ1v) is 5.45. The molecule has 0 atom stereocenters. The summed E-state index contributed by atoms with van der Waals surface area (Å²) < 4.78 is 13.5. The largest absolute Gasteiger partial charge is 0.325 e. The second kappa shape index (κ2) is 4.08. The van der Waals surface area contributed by atoms with Crippen molar-refractivity contribution in [2.45, 2.75) is 13.5 Å². The fourth-order valence-corrected chi connectivity index (χ4v) is 2.41. The summed E-state index contributed by atoms with van der Waals surface area (Å²) in [5, 5.41) is 0.839. The van der Waals surface area contributed by atoms with Crippen molar-refractivity contribution >= 4 is 11.3 Å². The summed E-state index contributed by atoms with van der Waals surface area (Å²) in [4.78, 5) is 5.14. The summed E-state index contributed by atoms with van der Waals surface area (Å²) in [5.41, 5.74) is 6.94. The summed E-state index contributed by atoms with van der Waals surface area (Å²) in [6.07, 6.45) is 0. The Morgan fingerprint density at radius 3 is 2.73 bits per heavy atom. The Morgan fingerprint density at radius 1 is 1.40 bits per heavy atom. The third kappa shape index (κ3) is 1.91. The first-order valence-electron chi connectivity index (χ1n) is 4.63. The zero-order valence-electron chi connectivity index (χ0n) is 8.33. The van der Waals surface area contributed by atoms with Crippen LogP contribution in [0.1, 0.15) is 10.7 Å². The Kier molecular flexibility index (Phi) is 2.79. The van der Waals surface area contributed by atoms with E-state index in [0.29, 0.717) is 12.1 Å². The third-order valence-corrected chi connectivity index (χ3v) is 3.35. The van der Waals surface area contributed by atoms with E-state index in [0.717, 1.165) is 15.6 Å². The second-order valence-corrected chi connectivity index (χ2v) is 4.29. The van der Waals surface area contributed by atoms with Gasteiger partial charge in [0.1, 0.15) is 10.8 Å². The quantitative estimate of drug-likeness (QED) is 0.848. The molecule has 0 saturated heterocycles. The smallest absolute Gasteiger partial charge is 0.131 e. The molecule has 2 N–H and O–H groups in total. The predicted octanol–water partition coefficient (Wildman–Crippen LogP) is 2.72. The van der Waals surface area contributed by atoms with Gasteiger partial charge in [0, 0.05) is 12.1 Å². The average Bonchev–Trinajstić information content (AvgIpc) is 2.60. The number of thiazole rings is 1. The number of rotatable bonds is 2. The minimum absolute atomic E-state index is 0.215. The molecule has 0 aliphatic rings. The normalized spacial score (nSPS) is 10.6. The van der Waals surface area contributed by atoms with Gasteiger partial charge in [-0.05, 0) is 13.0 Å². The lowest BCUT2D eigenvalue weighted by Gasteiger charge is -1.99. The minimum atomic E-state index is -0.215. The lowest BCUT2D eigenvalue weighted by Crippen LogP contribution is -1.94. The Balaban J connectivity index is 2.54. The zero-order valence-corrected chi connectivity index (χ0v) is 9.14. The first-order chi connectivity index (χ1) is 7.22. The van der Waals surface area contributed by atoms with Gasteiger partial charge in [0.25, 0.3) is 0 Å². The molecule has 0 amide bonds. The maximum absolute atomic E-state index is 13.5. The fourth-order valence-electron chi connectivity index (χ4n) is 1.43. The van der Waals surface area contributed by atoms with E-state index in [1.54, 1.807) is 12.1 Å². The number of hydrogen-bond donors (Lipinski definition) is 1. The molecule has 0 spiro atoms. The van der Waals surface area contributed by atoms with E-state index >= 15 is 0 Å². The molecule has 1 heterocycles. The van der Waals surface area contributed by atoms with Crippen LogP contribution in [0.25, 0.3) is 10.4 Å². The Morgan fingerprint density at radius 2 is 2.13 bits per heavy atom. The van der Waals surface area contributed by atoms with E-state index in [2.05, 4.69) is 4.98 Å². The molecular formula is C11H11FN2S. The SMILES string of the molecule is Cc1nc(CN)sc1-c1ccccc1F. The maximum atomic E-state index is 13.5. The highest BCUT2D eigenvalue weighted by Crippen LogP contribution is 2.31. The van der Waals surface area contributed by atoms with Gasteiger partial charge in [0.15, 0.2) is 0 Å². The van der Waals surface area contributed by atoms with Gasteiger partial charge in [-0.25, -0.2) is 9.37 Å². The van der Waals surface area contributed by atoms with Gasteiger partial charge in [-0.15, -0.1) is 11.3 Å². The molecular weight excluding hydrogens is 211 g/mol. The molecule has 1 aromatic carbocycles. The molecule has 0 fully saturated rings. The number of nitrogens with zero attached hydrogens (tertiary/aromatic N) is 1. The van der Waals surface area contributed by atoms with Crippen molar-refractivity contribution in [1.29, 1.82) is 0 Å². The van der Waals surface area contributed by atoms with E-state index in [4.69, 9.17) is 5.73 Å². The van der Waals surface area contributed by atoms with Crippen LogP contribution in [0.5, 0.6) is 0 Å². The zero-order chi connectivity index (χ0) is 10.8. The van der Waals surface area contributed by atoms with Crippen molar-refractivity contribution in [3.8, 4) is 10.4 Å². The van der Waals surface area contributed by atoms with Gasteiger partial charge in [0.05, 0.1) is 10.6 Å². The number of nitrogens with two attached hydrogens (primary N) is 1.